The minimum absolute atomic E-state index is 0.291. The van der Waals surface area contributed by atoms with Gasteiger partial charge in [0.1, 0.15) is 5.76 Å². The van der Waals surface area contributed by atoms with Crippen molar-refractivity contribution in [2.24, 2.45) is 0 Å². The molecule has 12 heavy (non-hydrogen) atoms. The summed E-state index contributed by atoms with van der Waals surface area (Å²) in [7, 11) is 0. The average Bonchev–Trinajstić information content (AvgIpc) is 2.44. The zero-order valence-electron chi connectivity index (χ0n) is 6.41. The number of esters is 1. The third-order valence-corrected chi connectivity index (χ3v) is 1.80. The number of fused-ring (bicyclic) bond motifs is 1. The van der Waals surface area contributed by atoms with Crippen molar-refractivity contribution in [3.63, 3.8) is 0 Å². The maximum atomic E-state index is 11.1. The van der Waals surface area contributed by atoms with E-state index in [1.165, 1.54) is 0 Å². The van der Waals surface area contributed by atoms with Gasteiger partial charge in [-0.05, 0) is 19.1 Å². The van der Waals surface area contributed by atoms with E-state index in [2.05, 4.69) is 6.92 Å². The molecule has 0 aromatic heterocycles. The number of hydrogen-bond donors (Lipinski definition) is 0. The van der Waals surface area contributed by atoms with E-state index in [1.807, 2.05) is 18.2 Å². The molecule has 1 radical (unpaired) electrons. The predicted molar refractivity (Wildman–Crippen MR) is 45.2 cm³/mol. The van der Waals surface area contributed by atoms with E-state index < -0.39 is 0 Å². The van der Waals surface area contributed by atoms with E-state index in [9.17, 15) is 4.79 Å². The molecule has 1 heterocycles. The summed E-state index contributed by atoms with van der Waals surface area (Å²) in [6, 6.07) is 7.27. The van der Waals surface area contributed by atoms with Crippen LogP contribution in [0, 0.1) is 6.92 Å². The Morgan fingerprint density at radius 2 is 1.92 bits per heavy atom. The van der Waals surface area contributed by atoms with Crippen LogP contribution in [-0.2, 0) is 4.74 Å². The molecule has 1 aromatic rings. The van der Waals surface area contributed by atoms with Crippen LogP contribution in [0.15, 0.2) is 30.3 Å². The highest BCUT2D eigenvalue weighted by atomic mass is 16.5. The second-order valence-corrected chi connectivity index (χ2v) is 2.50. The van der Waals surface area contributed by atoms with E-state index in [4.69, 9.17) is 4.74 Å². The van der Waals surface area contributed by atoms with Gasteiger partial charge in [-0.3, -0.25) is 0 Å². The fraction of sp³-hybridized carbons (Fsp3) is 0. The summed E-state index contributed by atoms with van der Waals surface area (Å²) in [6.07, 6.45) is 1.55. The Hall–Kier alpha value is -1.57. The number of allylic oxidation sites excluding steroid dienone is 1. The van der Waals surface area contributed by atoms with Gasteiger partial charge in [0.15, 0.2) is 0 Å². The Morgan fingerprint density at radius 1 is 1.25 bits per heavy atom. The van der Waals surface area contributed by atoms with Crippen LogP contribution in [0.3, 0.4) is 0 Å². The van der Waals surface area contributed by atoms with Gasteiger partial charge in [0.05, 0.1) is 5.56 Å². The first-order valence-corrected chi connectivity index (χ1v) is 3.64. The molecule has 0 fully saturated rings. The van der Waals surface area contributed by atoms with E-state index in [1.54, 1.807) is 12.1 Å². The van der Waals surface area contributed by atoms with Crippen LogP contribution in [-0.4, -0.2) is 5.97 Å². The summed E-state index contributed by atoms with van der Waals surface area (Å²) in [6.45, 7) is 3.56. The smallest absolute Gasteiger partial charge is 0.344 e. The summed E-state index contributed by atoms with van der Waals surface area (Å²) < 4.78 is 4.94. The molecule has 0 spiro atoms. The van der Waals surface area contributed by atoms with Crippen molar-refractivity contribution in [3.8, 4) is 0 Å². The molecule has 0 saturated carbocycles. The lowest BCUT2D eigenvalue weighted by Crippen LogP contribution is -1.91. The first-order valence-electron chi connectivity index (χ1n) is 3.64. The molecule has 2 rings (SSSR count). The summed E-state index contributed by atoms with van der Waals surface area (Å²) in [5.74, 6) is 0.260. The molecule has 0 amide bonds. The number of carbonyl (C=O) groups is 1. The number of benzene rings is 1. The minimum atomic E-state index is -0.291. The lowest BCUT2D eigenvalue weighted by atomic mass is 10.1. The second-order valence-electron chi connectivity index (χ2n) is 2.50. The third-order valence-electron chi connectivity index (χ3n) is 1.80. The van der Waals surface area contributed by atoms with Crippen LogP contribution in [0.2, 0.25) is 0 Å². The van der Waals surface area contributed by atoms with Crippen molar-refractivity contribution in [3.05, 3.63) is 48.4 Å². The molecule has 0 bridgehead atoms. The van der Waals surface area contributed by atoms with Gasteiger partial charge in [0.25, 0.3) is 0 Å². The fourth-order valence-corrected chi connectivity index (χ4v) is 1.24. The Morgan fingerprint density at radius 3 is 2.58 bits per heavy atom. The van der Waals surface area contributed by atoms with Crippen LogP contribution >= 0.6 is 0 Å². The molecular formula is C10H7O2. The highest BCUT2D eigenvalue weighted by Gasteiger charge is 2.24. The molecule has 1 aromatic carbocycles. The number of cyclic esters (lactones) is 1. The van der Waals surface area contributed by atoms with Crippen molar-refractivity contribution in [1.29, 1.82) is 0 Å². The van der Waals surface area contributed by atoms with Crippen molar-refractivity contribution in [2.45, 2.75) is 0 Å². The number of ether oxygens (including phenoxy) is 1. The molecule has 0 unspecified atom stereocenters. The molecule has 2 nitrogen and oxygen atoms in total. The molecule has 1 aliphatic heterocycles. The second kappa shape index (κ2) is 2.48. The van der Waals surface area contributed by atoms with Crippen molar-refractivity contribution in [1.82, 2.24) is 0 Å². The normalized spacial score (nSPS) is 17.8. The maximum absolute atomic E-state index is 11.1. The SMILES string of the molecule is [CH2]/C=C1\OC(=O)c2ccccc21. The van der Waals surface area contributed by atoms with Crippen LogP contribution in [0.1, 0.15) is 15.9 Å². The van der Waals surface area contributed by atoms with Crippen molar-refractivity contribution in [2.75, 3.05) is 0 Å². The first-order chi connectivity index (χ1) is 5.83. The topological polar surface area (TPSA) is 26.3 Å². The van der Waals surface area contributed by atoms with E-state index in [-0.39, 0.29) is 5.97 Å². The highest BCUT2D eigenvalue weighted by Crippen LogP contribution is 2.28. The van der Waals surface area contributed by atoms with Crippen LogP contribution < -0.4 is 0 Å². The average molecular weight is 159 g/mol. The van der Waals surface area contributed by atoms with Crippen LogP contribution in [0.25, 0.3) is 5.76 Å². The molecule has 0 atom stereocenters. The van der Waals surface area contributed by atoms with Gasteiger partial charge < -0.3 is 4.74 Å². The lowest BCUT2D eigenvalue weighted by molar-refractivity contribution is 0.0716. The molecule has 1 aliphatic rings. The third kappa shape index (κ3) is 0.848. The molecule has 0 saturated heterocycles. The molecule has 59 valence electrons. The van der Waals surface area contributed by atoms with Gasteiger partial charge >= 0.3 is 5.97 Å². The quantitative estimate of drug-likeness (QED) is 0.541. The minimum Gasteiger partial charge on any atom is -0.423 e. The van der Waals surface area contributed by atoms with Gasteiger partial charge in [-0.2, -0.15) is 0 Å². The van der Waals surface area contributed by atoms with Crippen molar-refractivity contribution < 1.29 is 9.53 Å². The number of rotatable bonds is 0. The highest BCUT2D eigenvalue weighted by molar-refractivity contribution is 6.02. The molecule has 0 N–H and O–H groups in total. The number of hydrogen-bond acceptors (Lipinski definition) is 2. The van der Waals surface area contributed by atoms with Crippen LogP contribution in [0.4, 0.5) is 0 Å². The predicted octanol–water partition coefficient (Wildman–Crippen LogP) is 2.03. The fourth-order valence-electron chi connectivity index (χ4n) is 1.24. The van der Waals surface area contributed by atoms with Crippen molar-refractivity contribution >= 4 is 11.7 Å². The molecular weight excluding hydrogens is 152 g/mol. The standard InChI is InChI=1S/C10H7O2/c1-2-9-7-5-3-4-6-8(7)10(11)12-9/h2-6H,1H2/b9-2-. The summed E-state index contributed by atoms with van der Waals surface area (Å²) in [5.41, 5.74) is 1.45. The summed E-state index contributed by atoms with van der Waals surface area (Å²) in [4.78, 5) is 11.1. The van der Waals surface area contributed by atoms with Gasteiger partial charge in [0.2, 0.25) is 0 Å². The molecule has 0 aliphatic carbocycles. The maximum Gasteiger partial charge on any atom is 0.344 e. The van der Waals surface area contributed by atoms with E-state index >= 15 is 0 Å². The summed E-state index contributed by atoms with van der Waals surface area (Å²) >= 11 is 0. The Labute approximate surface area is 70.5 Å². The Kier molecular flexibility index (Phi) is 1.47. The van der Waals surface area contributed by atoms with Gasteiger partial charge in [-0.25, -0.2) is 4.79 Å². The largest absolute Gasteiger partial charge is 0.423 e. The lowest BCUT2D eigenvalue weighted by Gasteiger charge is -1.93. The first kappa shape index (κ1) is 7.10. The zero-order valence-corrected chi connectivity index (χ0v) is 6.41. The summed E-state index contributed by atoms with van der Waals surface area (Å²) in [5, 5.41) is 0. The Bertz CT molecular complexity index is 364. The van der Waals surface area contributed by atoms with Gasteiger partial charge in [-0.15, -0.1) is 0 Å². The van der Waals surface area contributed by atoms with Gasteiger partial charge in [-0.1, -0.05) is 18.2 Å². The van der Waals surface area contributed by atoms with E-state index in [0.29, 0.717) is 11.3 Å². The Balaban J connectivity index is 2.65. The van der Waals surface area contributed by atoms with E-state index in [0.717, 1.165) is 5.56 Å². The molecule has 2 heteroatoms. The zero-order chi connectivity index (χ0) is 8.55. The monoisotopic (exact) mass is 159 g/mol. The van der Waals surface area contributed by atoms with Crippen LogP contribution in [0.5, 0.6) is 0 Å². The number of carbonyl (C=O) groups excluding carboxylic acids is 1. The van der Waals surface area contributed by atoms with Gasteiger partial charge in [0, 0.05) is 5.56 Å².